The first-order valence-corrected chi connectivity index (χ1v) is 7.99. The first-order chi connectivity index (χ1) is 11.0. The minimum atomic E-state index is -0.660. The van der Waals surface area contributed by atoms with Gasteiger partial charge in [-0.1, -0.05) is 13.3 Å². The zero-order chi connectivity index (χ0) is 17.4. The second kappa shape index (κ2) is 9.69. The fourth-order valence-corrected chi connectivity index (χ4v) is 2.34. The van der Waals surface area contributed by atoms with Crippen molar-refractivity contribution in [3.8, 4) is 5.75 Å². The van der Waals surface area contributed by atoms with E-state index < -0.39 is 17.7 Å². The fraction of sp³-hybridized carbons (Fsp3) is 0.600. The van der Waals surface area contributed by atoms with Gasteiger partial charge in [0.05, 0.1) is 24.7 Å². The molecule has 7 nitrogen and oxygen atoms in total. The largest absolute Gasteiger partial charge is 0.487 e. The van der Waals surface area contributed by atoms with E-state index in [0.29, 0.717) is 6.61 Å². The molecule has 0 spiro atoms. The van der Waals surface area contributed by atoms with Gasteiger partial charge < -0.3 is 23.5 Å². The van der Waals surface area contributed by atoms with Crippen LogP contribution in [0, 0.1) is 0 Å². The second-order valence-corrected chi connectivity index (χ2v) is 5.59. The summed E-state index contributed by atoms with van der Waals surface area (Å²) in [5.41, 5.74) is -0.361. The molecule has 1 aromatic heterocycles. The normalized spacial score (nSPS) is 10.9. The number of carbonyl (C=O) groups is 1. The van der Waals surface area contributed by atoms with Crippen LogP contribution in [0.15, 0.2) is 15.5 Å². The number of rotatable bonds is 9. The number of nitrogens with zero attached hydrogens (tertiary/aromatic N) is 1. The fourth-order valence-electron chi connectivity index (χ4n) is 1.92. The highest BCUT2D eigenvalue weighted by molar-refractivity contribution is 9.10. The van der Waals surface area contributed by atoms with E-state index in [0.717, 1.165) is 12.8 Å². The number of pyridine rings is 1. The van der Waals surface area contributed by atoms with Crippen molar-refractivity contribution in [2.45, 2.75) is 32.6 Å². The molecular weight excluding hydrogens is 370 g/mol. The highest BCUT2D eigenvalue weighted by Gasteiger charge is 2.24. The van der Waals surface area contributed by atoms with Crippen LogP contribution in [0.4, 0.5) is 0 Å². The molecule has 1 rings (SSSR count). The lowest BCUT2D eigenvalue weighted by atomic mass is 10.2. The Kier molecular flexibility index (Phi) is 8.29. The summed E-state index contributed by atoms with van der Waals surface area (Å²) < 4.78 is 22.5. The van der Waals surface area contributed by atoms with E-state index in [1.807, 2.05) is 6.92 Å². The number of carbonyl (C=O) groups excluding carboxylic acids is 1. The molecule has 1 heterocycles. The third-order valence-electron chi connectivity index (χ3n) is 3.19. The average Bonchev–Trinajstić information content (AvgIpc) is 2.56. The van der Waals surface area contributed by atoms with E-state index in [2.05, 4.69) is 15.9 Å². The summed E-state index contributed by atoms with van der Waals surface area (Å²) in [5, 5.41) is 0. The van der Waals surface area contributed by atoms with E-state index in [-0.39, 0.29) is 22.5 Å². The topological polar surface area (TPSA) is 76.0 Å². The summed E-state index contributed by atoms with van der Waals surface area (Å²) in [7, 11) is 4.23. The van der Waals surface area contributed by atoms with Crippen molar-refractivity contribution in [2.24, 2.45) is 0 Å². The molecular formula is C15H22BrNO6. The Morgan fingerprint density at radius 2 is 1.96 bits per heavy atom. The molecule has 0 N–H and O–H groups in total. The summed E-state index contributed by atoms with van der Waals surface area (Å²) in [6, 6.07) is 0. The molecule has 0 atom stereocenters. The Morgan fingerprint density at radius 1 is 1.30 bits per heavy atom. The van der Waals surface area contributed by atoms with Gasteiger partial charge in [-0.05, 0) is 22.4 Å². The molecule has 0 aliphatic rings. The van der Waals surface area contributed by atoms with Crippen molar-refractivity contribution < 1.29 is 23.7 Å². The summed E-state index contributed by atoms with van der Waals surface area (Å²) in [4.78, 5) is 24.5. The molecule has 0 amide bonds. The summed E-state index contributed by atoms with van der Waals surface area (Å²) in [6.07, 6.45) is 2.58. The maximum atomic E-state index is 12.3. The lowest BCUT2D eigenvalue weighted by Gasteiger charge is -2.20. The predicted molar refractivity (Wildman–Crippen MR) is 88.0 cm³/mol. The summed E-state index contributed by atoms with van der Waals surface area (Å²) in [5.74, 6) is -0.697. The van der Waals surface area contributed by atoms with Crippen LogP contribution in [0.2, 0.25) is 0 Å². The lowest BCUT2D eigenvalue weighted by Crippen LogP contribution is -2.28. The van der Waals surface area contributed by atoms with E-state index in [9.17, 15) is 9.59 Å². The van der Waals surface area contributed by atoms with Gasteiger partial charge in [-0.3, -0.25) is 4.79 Å². The molecule has 0 saturated carbocycles. The Morgan fingerprint density at radius 3 is 2.48 bits per heavy atom. The maximum absolute atomic E-state index is 12.3. The highest BCUT2D eigenvalue weighted by Crippen LogP contribution is 2.20. The summed E-state index contributed by atoms with van der Waals surface area (Å²) in [6.45, 7) is 2.54. The van der Waals surface area contributed by atoms with Crippen LogP contribution in [0.1, 0.15) is 30.3 Å². The van der Waals surface area contributed by atoms with Crippen molar-refractivity contribution in [2.75, 3.05) is 27.9 Å². The minimum absolute atomic E-state index is 0.0365. The van der Waals surface area contributed by atoms with Gasteiger partial charge in [0.25, 0.3) is 0 Å². The van der Waals surface area contributed by atoms with Gasteiger partial charge in [0, 0.05) is 20.4 Å². The van der Waals surface area contributed by atoms with E-state index >= 15 is 0 Å². The number of unbranched alkanes of at least 4 members (excludes halogenated alkanes) is 1. The first kappa shape index (κ1) is 19.7. The molecule has 0 saturated heterocycles. The van der Waals surface area contributed by atoms with Crippen LogP contribution in [0.25, 0.3) is 0 Å². The zero-order valence-electron chi connectivity index (χ0n) is 13.8. The standard InChI is InChI=1S/C15H22BrNO6/c1-5-6-7-23-14-12(15(19)22-4)17(8-10(16)13(14)18)9-11(20-2)21-3/h8,11H,5-7,9H2,1-4H3. The van der Waals surface area contributed by atoms with Crippen LogP contribution in [-0.2, 0) is 20.8 Å². The maximum Gasteiger partial charge on any atom is 0.358 e. The van der Waals surface area contributed by atoms with Gasteiger partial charge >= 0.3 is 5.97 Å². The molecule has 130 valence electrons. The highest BCUT2D eigenvalue weighted by atomic mass is 79.9. The number of methoxy groups -OCH3 is 3. The SMILES string of the molecule is CCCCOc1c(C(=O)OC)n(CC(OC)OC)cc(Br)c1=O. The van der Waals surface area contributed by atoms with Gasteiger partial charge in [0.2, 0.25) is 5.43 Å². The van der Waals surface area contributed by atoms with Crippen LogP contribution < -0.4 is 10.2 Å². The average molecular weight is 392 g/mol. The van der Waals surface area contributed by atoms with Crippen LogP contribution in [0.5, 0.6) is 5.75 Å². The van der Waals surface area contributed by atoms with E-state index in [1.165, 1.54) is 32.1 Å². The monoisotopic (exact) mass is 391 g/mol. The molecule has 0 aliphatic carbocycles. The number of hydrogen-bond acceptors (Lipinski definition) is 6. The van der Waals surface area contributed by atoms with E-state index in [4.69, 9.17) is 18.9 Å². The van der Waals surface area contributed by atoms with Crippen molar-refractivity contribution in [1.82, 2.24) is 4.57 Å². The molecule has 0 aliphatic heterocycles. The number of esters is 1. The molecule has 0 radical (unpaired) electrons. The van der Waals surface area contributed by atoms with Crippen LogP contribution in [-0.4, -0.2) is 44.8 Å². The van der Waals surface area contributed by atoms with Gasteiger partial charge in [0.15, 0.2) is 17.7 Å². The number of aromatic nitrogens is 1. The quantitative estimate of drug-likeness (QED) is 0.364. The molecule has 0 aromatic carbocycles. The van der Waals surface area contributed by atoms with Gasteiger partial charge in [0.1, 0.15) is 0 Å². The van der Waals surface area contributed by atoms with Crippen LogP contribution in [0.3, 0.4) is 0 Å². The van der Waals surface area contributed by atoms with Crippen molar-refractivity contribution in [1.29, 1.82) is 0 Å². The Balaban J connectivity index is 3.37. The molecule has 1 aromatic rings. The molecule has 0 bridgehead atoms. The third kappa shape index (κ3) is 5.05. The zero-order valence-corrected chi connectivity index (χ0v) is 15.3. The molecule has 0 fully saturated rings. The number of halogens is 1. The van der Waals surface area contributed by atoms with E-state index in [1.54, 1.807) is 0 Å². The minimum Gasteiger partial charge on any atom is -0.487 e. The number of hydrogen-bond donors (Lipinski definition) is 0. The van der Waals surface area contributed by atoms with Gasteiger partial charge in [-0.15, -0.1) is 0 Å². The summed E-state index contributed by atoms with van der Waals surface area (Å²) >= 11 is 3.20. The first-order valence-electron chi connectivity index (χ1n) is 7.19. The van der Waals surface area contributed by atoms with Crippen molar-refractivity contribution in [3.63, 3.8) is 0 Å². The predicted octanol–water partition coefficient (Wildman–Crippen LogP) is 2.20. The van der Waals surface area contributed by atoms with Gasteiger partial charge in [-0.2, -0.15) is 0 Å². The Hall–Kier alpha value is -1.38. The number of ether oxygens (including phenoxy) is 4. The Labute approximate surface area is 143 Å². The van der Waals surface area contributed by atoms with Crippen molar-refractivity contribution >= 4 is 21.9 Å². The van der Waals surface area contributed by atoms with Crippen LogP contribution >= 0.6 is 15.9 Å². The molecule has 0 unspecified atom stereocenters. The third-order valence-corrected chi connectivity index (χ3v) is 3.75. The van der Waals surface area contributed by atoms with Gasteiger partial charge in [-0.25, -0.2) is 4.79 Å². The second-order valence-electron chi connectivity index (χ2n) is 4.73. The Bertz CT molecular complexity index is 582. The molecule has 23 heavy (non-hydrogen) atoms. The smallest absolute Gasteiger partial charge is 0.358 e. The van der Waals surface area contributed by atoms with Crippen molar-refractivity contribution in [3.05, 3.63) is 26.6 Å². The lowest BCUT2D eigenvalue weighted by molar-refractivity contribution is -0.111. The molecule has 8 heteroatoms.